The average molecular weight is 240 g/mol. The van der Waals surface area contributed by atoms with Gasteiger partial charge in [0.1, 0.15) is 0 Å². The van der Waals surface area contributed by atoms with Crippen molar-refractivity contribution in [3.63, 3.8) is 0 Å². The van der Waals surface area contributed by atoms with Crippen LogP contribution in [0.3, 0.4) is 0 Å². The predicted octanol–water partition coefficient (Wildman–Crippen LogP) is 5.96. The molecule has 0 saturated carbocycles. The summed E-state index contributed by atoms with van der Waals surface area (Å²) >= 11 is 0. The van der Waals surface area contributed by atoms with E-state index in [1.54, 1.807) is 0 Å². The normalized spacial score (nSPS) is 12.2. The van der Waals surface area contributed by atoms with Crippen molar-refractivity contribution in [2.45, 2.75) is 40.0 Å². The summed E-state index contributed by atoms with van der Waals surface area (Å²) in [5, 5.41) is 0. The van der Waals surface area contributed by atoms with Gasteiger partial charge in [0.05, 0.1) is 0 Å². The minimum Gasteiger partial charge on any atom is -0.0842 e. The van der Waals surface area contributed by atoms with Crippen molar-refractivity contribution in [2.75, 3.05) is 0 Å². The Hall–Kier alpha value is -1.56. The highest BCUT2D eigenvalue weighted by atomic mass is 14.0. The lowest BCUT2D eigenvalue weighted by atomic mass is 9.99. The number of hydrogen-bond acceptors (Lipinski definition) is 0. The van der Waals surface area contributed by atoms with E-state index < -0.39 is 0 Å². The van der Waals surface area contributed by atoms with Crippen molar-refractivity contribution in [2.24, 2.45) is 0 Å². The van der Waals surface area contributed by atoms with Gasteiger partial charge in [-0.2, -0.15) is 0 Å². The van der Waals surface area contributed by atoms with Gasteiger partial charge < -0.3 is 0 Å². The van der Waals surface area contributed by atoms with Gasteiger partial charge in [-0.05, 0) is 36.0 Å². The number of allylic oxidation sites excluding steroid dienone is 3. The highest BCUT2D eigenvalue weighted by Crippen LogP contribution is 2.20. The van der Waals surface area contributed by atoms with Gasteiger partial charge in [-0.3, -0.25) is 0 Å². The van der Waals surface area contributed by atoms with Crippen LogP contribution in [0.4, 0.5) is 0 Å². The molecule has 0 aliphatic rings. The van der Waals surface area contributed by atoms with Crippen LogP contribution >= 0.6 is 0 Å². The third kappa shape index (κ3) is 4.37. The van der Waals surface area contributed by atoms with Gasteiger partial charge in [-0.1, -0.05) is 75.4 Å². The number of hydrogen-bond donors (Lipinski definition) is 0. The maximum atomic E-state index is 2.24. The number of benzene rings is 1. The SMILES string of the molecule is CC/C=C/c1cccc(/C=C/CC)c1/C=C/CC. The van der Waals surface area contributed by atoms with Gasteiger partial charge in [0, 0.05) is 0 Å². The Morgan fingerprint density at radius 3 is 1.61 bits per heavy atom. The lowest BCUT2D eigenvalue weighted by Gasteiger charge is -2.06. The molecule has 0 spiro atoms. The smallest absolute Gasteiger partial charge is 0.0115 e. The molecule has 1 rings (SSSR count). The molecule has 1 aromatic carbocycles. The standard InChI is InChI=1S/C18H24/c1-4-7-11-16-13-10-14-17(12-8-5-2)18(16)15-9-6-3/h7-15H,4-6H2,1-3H3/b11-7+,12-8+,15-9+. The Labute approximate surface area is 112 Å². The molecule has 0 bridgehead atoms. The van der Waals surface area contributed by atoms with Crippen molar-refractivity contribution in [1.29, 1.82) is 0 Å². The molecule has 1 aromatic rings. The van der Waals surface area contributed by atoms with Crippen molar-refractivity contribution >= 4 is 18.2 Å². The molecule has 0 atom stereocenters. The van der Waals surface area contributed by atoms with Gasteiger partial charge in [-0.25, -0.2) is 0 Å². The zero-order chi connectivity index (χ0) is 13.2. The molecule has 0 unspecified atom stereocenters. The molecule has 0 aromatic heterocycles. The van der Waals surface area contributed by atoms with Gasteiger partial charge in [0.25, 0.3) is 0 Å². The molecule has 0 radical (unpaired) electrons. The lowest BCUT2D eigenvalue weighted by molar-refractivity contribution is 1.23. The van der Waals surface area contributed by atoms with Crippen LogP contribution in [0.2, 0.25) is 0 Å². The Balaban J connectivity index is 3.20. The molecule has 0 N–H and O–H groups in total. The second kappa shape index (κ2) is 8.52. The second-order valence-corrected chi connectivity index (χ2v) is 4.28. The summed E-state index contributed by atoms with van der Waals surface area (Å²) in [6.45, 7) is 6.50. The third-order valence-electron chi connectivity index (χ3n) is 2.76. The van der Waals surface area contributed by atoms with E-state index in [4.69, 9.17) is 0 Å². The maximum absolute atomic E-state index is 2.24. The van der Waals surface area contributed by atoms with E-state index in [1.807, 2.05) is 0 Å². The van der Waals surface area contributed by atoms with Gasteiger partial charge in [0.2, 0.25) is 0 Å². The monoisotopic (exact) mass is 240 g/mol. The van der Waals surface area contributed by atoms with Crippen LogP contribution in [-0.2, 0) is 0 Å². The first-order chi connectivity index (χ1) is 8.83. The Kier molecular flexibility index (Phi) is 6.86. The van der Waals surface area contributed by atoms with Crippen molar-refractivity contribution in [3.05, 3.63) is 53.1 Å². The van der Waals surface area contributed by atoms with Crippen LogP contribution in [0.25, 0.3) is 18.2 Å². The molecular weight excluding hydrogens is 216 g/mol. The lowest BCUT2D eigenvalue weighted by Crippen LogP contribution is -1.86. The zero-order valence-corrected chi connectivity index (χ0v) is 11.8. The first-order valence-electron chi connectivity index (χ1n) is 6.96. The molecular formula is C18H24. The second-order valence-electron chi connectivity index (χ2n) is 4.28. The molecule has 0 heteroatoms. The van der Waals surface area contributed by atoms with Crippen LogP contribution in [0.15, 0.2) is 36.4 Å². The van der Waals surface area contributed by atoms with Crippen LogP contribution in [0.1, 0.15) is 56.7 Å². The molecule has 96 valence electrons. The van der Waals surface area contributed by atoms with E-state index in [2.05, 4.69) is 75.4 Å². The van der Waals surface area contributed by atoms with E-state index in [0.717, 1.165) is 19.3 Å². The minimum absolute atomic E-state index is 1.07. The molecule has 0 aliphatic heterocycles. The Bertz CT molecular complexity index is 401. The summed E-state index contributed by atoms with van der Waals surface area (Å²) in [6.07, 6.45) is 16.6. The fourth-order valence-corrected chi connectivity index (χ4v) is 1.81. The van der Waals surface area contributed by atoms with Crippen molar-refractivity contribution in [1.82, 2.24) is 0 Å². The van der Waals surface area contributed by atoms with Crippen molar-refractivity contribution < 1.29 is 0 Å². The highest BCUT2D eigenvalue weighted by Gasteiger charge is 2.00. The summed E-state index contributed by atoms with van der Waals surface area (Å²) < 4.78 is 0. The minimum atomic E-state index is 1.07. The van der Waals surface area contributed by atoms with Crippen LogP contribution in [0.5, 0.6) is 0 Å². The molecule has 0 amide bonds. The van der Waals surface area contributed by atoms with Crippen molar-refractivity contribution in [3.8, 4) is 0 Å². The van der Waals surface area contributed by atoms with E-state index in [1.165, 1.54) is 16.7 Å². The molecule has 0 saturated heterocycles. The van der Waals surface area contributed by atoms with Gasteiger partial charge >= 0.3 is 0 Å². The average Bonchev–Trinajstić information content (AvgIpc) is 2.41. The molecule has 18 heavy (non-hydrogen) atoms. The van der Waals surface area contributed by atoms with E-state index in [-0.39, 0.29) is 0 Å². The number of rotatable bonds is 6. The first kappa shape index (κ1) is 14.5. The topological polar surface area (TPSA) is 0 Å². The summed E-state index contributed by atoms with van der Waals surface area (Å²) in [7, 11) is 0. The molecule has 0 aliphatic carbocycles. The molecule has 0 nitrogen and oxygen atoms in total. The Morgan fingerprint density at radius 2 is 1.17 bits per heavy atom. The summed E-state index contributed by atoms with van der Waals surface area (Å²) in [5.74, 6) is 0. The first-order valence-corrected chi connectivity index (χ1v) is 6.96. The van der Waals surface area contributed by atoms with Gasteiger partial charge in [-0.15, -0.1) is 0 Å². The van der Waals surface area contributed by atoms with Gasteiger partial charge in [0.15, 0.2) is 0 Å². The van der Waals surface area contributed by atoms with Crippen LogP contribution in [-0.4, -0.2) is 0 Å². The van der Waals surface area contributed by atoms with E-state index in [9.17, 15) is 0 Å². The fourth-order valence-electron chi connectivity index (χ4n) is 1.81. The third-order valence-corrected chi connectivity index (χ3v) is 2.76. The summed E-state index contributed by atoms with van der Waals surface area (Å²) in [4.78, 5) is 0. The maximum Gasteiger partial charge on any atom is -0.0115 e. The highest BCUT2D eigenvalue weighted by molar-refractivity contribution is 5.74. The quantitative estimate of drug-likeness (QED) is 0.576. The Morgan fingerprint density at radius 1 is 0.722 bits per heavy atom. The fraction of sp³-hybridized carbons (Fsp3) is 0.333. The largest absolute Gasteiger partial charge is 0.0842 e. The predicted molar refractivity (Wildman–Crippen MR) is 84.4 cm³/mol. The molecule has 0 heterocycles. The van der Waals surface area contributed by atoms with E-state index >= 15 is 0 Å². The van der Waals surface area contributed by atoms with E-state index in [0.29, 0.717) is 0 Å². The summed E-state index contributed by atoms with van der Waals surface area (Å²) in [5.41, 5.74) is 3.94. The van der Waals surface area contributed by atoms with Crippen LogP contribution in [0, 0.1) is 0 Å². The zero-order valence-electron chi connectivity index (χ0n) is 11.8. The van der Waals surface area contributed by atoms with Crippen LogP contribution < -0.4 is 0 Å². The molecule has 0 fully saturated rings. The summed E-state index contributed by atoms with van der Waals surface area (Å²) in [6, 6.07) is 6.50.